The second kappa shape index (κ2) is 7.28. The molecule has 0 fully saturated rings. The molecular weight excluding hydrogens is 332 g/mol. The molecule has 0 amide bonds. The largest absolute Gasteiger partial charge is 0.489 e. The highest BCUT2D eigenvalue weighted by Gasteiger charge is 2.08. The fourth-order valence-corrected chi connectivity index (χ4v) is 3.40. The first kappa shape index (κ1) is 17.3. The zero-order chi connectivity index (χ0) is 18.8. The Morgan fingerprint density at radius 3 is 2.56 bits per heavy atom. The van der Waals surface area contributed by atoms with Gasteiger partial charge in [-0.2, -0.15) is 0 Å². The third-order valence-electron chi connectivity index (χ3n) is 4.87. The van der Waals surface area contributed by atoms with Crippen LogP contribution in [0.4, 0.5) is 0 Å². The lowest BCUT2D eigenvalue weighted by molar-refractivity contribution is 0.306. The van der Waals surface area contributed by atoms with Crippen LogP contribution in [0.15, 0.2) is 72.9 Å². The van der Waals surface area contributed by atoms with E-state index < -0.39 is 0 Å². The van der Waals surface area contributed by atoms with Gasteiger partial charge >= 0.3 is 0 Å². The molecule has 0 aliphatic rings. The van der Waals surface area contributed by atoms with E-state index in [0.717, 1.165) is 22.5 Å². The molecule has 3 heteroatoms. The van der Waals surface area contributed by atoms with Crippen molar-refractivity contribution in [1.29, 1.82) is 0 Å². The predicted octanol–water partition coefficient (Wildman–Crippen LogP) is 6.04. The lowest BCUT2D eigenvalue weighted by Gasteiger charge is -2.12. The second-order valence-corrected chi connectivity index (χ2v) is 7.21. The SMILES string of the molecule is Cc1cc2ncccc2n1-c1ccc(OCc2cccc(C(C)C)c2)cc1. The Kier molecular flexibility index (Phi) is 4.68. The van der Waals surface area contributed by atoms with Gasteiger partial charge in [0.05, 0.1) is 11.0 Å². The number of rotatable bonds is 5. The fraction of sp³-hybridized carbons (Fsp3) is 0.208. The van der Waals surface area contributed by atoms with Crippen molar-refractivity contribution in [1.82, 2.24) is 9.55 Å². The third kappa shape index (κ3) is 3.59. The number of hydrogen-bond donors (Lipinski definition) is 0. The third-order valence-corrected chi connectivity index (χ3v) is 4.87. The summed E-state index contributed by atoms with van der Waals surface area (Å²) in [6.45, 7) is 7.10. The van der Waals surface area contributed by atoms with Crippen molar-refractivity contribution in [3.63, 3.8) is 0 Å². The normalized spacial score (nSPS) is 11.3. The maximum Gasteiger partial charge on any atom is 0.119 e. The highest BCUT2D eigenvalue weighted by atomic mass is 16.5. The van der Waals surface area contributed by atoms with Crippen molar-refractivity contribution in [3.8, 4) is 11.4 Å². The molecule has 3 nitrogen and oxygen atoms in total. The van der Waals surface area contributed by atoms with Gasteiger partial charge in [-0.15, -0.1) is 0 Å². The fourth-order valence-electron chi connectivity index (χ4n) is 3.40. The summed E-state index contributed by atoms with van der Waals surface area (Å²) < 4.78 is 8.22. The van der Waals surface area contributed by atoms with Crippen molar-refractivity contribution in [2.24, 2.45) is 0 Å². The first-order chi connectivity index (χ1) is 13.1. The molecule has 4 aromatic rings. The van der Waals surface area contributed by atoms with E-state index in [0.29, 0.717) is 12.5 Å². The predicted molar refractivity (Wildman–Crippen MR) is 111 cm³/mol. The molecule has 0 aliphatic carbocycles. The molecule has 0 saturated carbocycles. The summed E-state index contributed by atoms with van der Waals surface area (Å²) in [5, 5.41) is 0. The number of nitrogens with zero attached hydrogens (tertiary/aromatic N) is 2. The molecule has 136 valence electrons. The summed E-state index contributed by atoms with van der Waals surface area (Å²) in [6, 6.07) is 23.0. The van der Waals surface area contributed by atoms with Crippen LogP contribution >= 0.6 is 0 Å². The molecule has 0 aliphatic heterocycles. The summed E-state index contributed by atoms with van der Waals surface area (Å²) in [5.74, 6) is 1.40. The van der Waals surface area contributed by atoms with Gasteiger partial charge in [0.25, 0.3) is 0 Å². The Labute approximate surface area is 160 Å². The van der Waals surface area contributed by atoms with Gasteiger partial charge in [0.15, 0.2) is 0 Å². The first-order valence-electron chi connectivity index (χ1n) is 9.37. The summed E-state index contributed by atoms with van der Waals surface area (Å²) in [4.78, 5) is 4.44. The standard InChI is InChI=1S/C24H24N2O/c1-17(2)20-7-4-6-19(15-20)16-27-22-11-9-21(10-12-22)26-18(3)14-23-24(26)8-5-13-25-23/h4-15,17H,16H2,1-3H3. The Balaban J connectivity index is 1.52. The maximum atomic E-state index is 6.00. The number of hydrogen-bond acceptors (Lipinski definition) is 2. The minimum Gasteiger partial charge on any atom is -0.489 e. The van der Waals surface area contributed by atoms with Gasteiger partial charge in [0.2, 0.25) is 0 Å². The molecular formula is C24H24N2O. The highest BCUT2D eigenvalue weighted by molar-refractivity contribution is 5.79. The van der Waals surface area contributed by atoms with Crippen LogP contribution in [0, 0.1) is 6.92 Å². The van der Waals surface area contributed by atoms with Crippen LogP contribution in [0.2, 0.25) is 0 Å². The highest BCUT2D eigenvalue weighted by Crippen LogP contribution is 2.24. The van der Waals surface area contributed by atoms with Crippen LogP contribution in [0.5, 0.6) is 5.75 Å². The Hall–Kier alpha value is -3.07. The van der Waals surface area contributed by atoms with E-state index in [1.807, 2.05) is 24.4 Å². The molecule has 27 heavy (non-hydrogen) atoms. The minimum absolute atomic E-state index is 0.526. The summed E-state index contributed by atoms with van der Waals surface area (Å²) in [6.07, 6.45) is 1.83. The minimum atomic E-state index is 0.526. The summed E-state index contributed by atoms with van der Waals surface area (Å²) in [5.41, 5.74) is 6.96. The average molecular weight is 356 g/mol. The van der Waals surface area contributed by atoms with E-state index in [4.69, 9.17) is 4.74 Å². The summed E-state index contributed by atoms with van der Waals surface area (Å²) in [7, 11) is 0. The zero-order valence-electron chi connectivity index (χ0n) is 16.0. The molecule has 0 unspecified atom stereocenters. The van der Waals surface area contributed by atoms with E-state index in [-0.39, 0.29) is 0 Å². The topological polar surface area (TPSA) is 27.1 Å². The summed E-state index contributed by atoms with van der Waals surface area (Å²) >= 11 is 0. The Bertz CT molecular complexity index is 1060. The number of aromatic nitrogens is 2. The van der Waals surface area contributed by atoms with Crippen LogP contribution in [0.1, 0.15) is 36.6 Å². The molecule has 4 rings (SSSR count). The van der Waals surface area contributed by atoms with Crippen molar-refractivity contribution in [3.05, 3.63) is 89.7 Å². The number of aryl methyl sites for hydroxylation is 1. The van der Waals surface area contributed by atoms with Crippen molar-refractivity contribution in [2.75, 3.05) is 0 Å². The maximum absolute atomic E-state index is 6.00. The van der Waals surface area contributed by atoms with E-state index in [1.165, 1.54) is 16.8 Å². The van der Waals surface area contributed by atoms with Crippen LogP contribution < -0.4 is 4.74 Å². The molecule has 2 aromatic heterocycles. The van der Waals surface area contributed by atoms with Crippen molar-refractivity contribution >= 4 is 11.0 Å². The molecule has 0 radical (unpaired) electrons. The Morgan fingerprint density at radius 1 is 0.963 bits per heavy atom. The smallest absolute Gasteiger partial charge is 0.119 e. The molecule has 0 N–H and O–H groups in total. The Morgan fingerprint density at radius 2 is 1.78 bits per heavy atom. The van der Waals surface area contributed by atoms with Crippen molar-refractivity contribution < 1.29 is 4.74 Å². The van der Waals surface area contributed by atoms with Gasteiger partial charge < -0.3 is 9.30 Å². The lowest BCUT2D eigenvalue weighted by atomic mass is 10.0. The average Bonchev–Trinajstić information content (AvgIpc) is 3.03. The van der Waals surface area contributed by atoms with E-state index in [9.17, 15) is 0 Å². The van der Waals surface area contributed by atoms with Gasteiger partial charge in [0, 0.05) is 17.6 Å². The van der Waals surface area contributed by atoms with Gasteiger partial charge in [-0.25, -0.2) is 0 Å². The molecule has 0 bridgehead atoms. The van der Waals surface area contributed by atoms with Crippen LogP contribution in [-0.2, 0) is 6.61 Å². The lowest BCUT2D eigenvalue weighted by Crippen LogP contribution is -1.99. The van der Waals surface area contributed by atoms with Gasteiger partial charge in [-0.3, -0.25) is 4.98 Å². The number of pyridine rings is 1. The zero-order valence-corrected chi connectivity index (χ0v) is 16.0. The molecule has 0 saturated heterocycles. The van der Waals surface area contributed by atoms with Crippen LogP contribution in [0.3, 0.4) is 0 Å². The van der Waals surface area contributed by atoms with Gasteiger partial charge in [0.1, 0.15) is 12.4 Å². The van der Waals surface area contributed by atoms with E-state index in [2.05, 4.69) is 78.9 Å². The van der Waals surface area contributed by atoms with Gasteiger partial charge in [-0.1, -0.05) is 38.1 Å². The van der Waals surface area contributed by atoms with E-state index >= 15 is 0 Å². The first-order valence-corrected chi connectivity index (χ1v) is 9.37. The quantitative estimate of drug-likeness (QED) is 0.436. The van der Waals surface area contributed by atoms with Crippen LogP contribution in [-0.4, -0.2) is 9.55 Å². The van der Waals surface area contributed by atoms with Crippen LogP contribution in [0.25, 0.3) is 16.7 Å². The monoisotopic (exact) mass is 356 g/mol. The molecule has 0 spiro atoms. The number of ether oxygens (including phenoxy) is 1. The second-order valence-electron chi connectivity index (χ2n) is 7.21. The number of fused-ring (bicyclic) bond motifs is 1. The molecule has 2 heterocycles. The van der Waals surface area contributed by atoms with Crippen molar-refractivity contribution in [2.45, 2.75) is 33.3 Å². The number of benzene rings is 2. The van der Waals surface area contributed by atoms with Gasteiger partial charge in [-0.05, 0) is 66.4 Å². The molecule has 0 atom stereocenters. The molecule has 2 aromatic carbocycles. The van der Waals surface area contributed by atoms with E-state index in [1.54, 1.807) is 0 Å².